The fourth-order valence-electron chi connectivity index (χ4n) is 2.98. The summed E-state index contributed by atoms with van der Waals surface area (Å²) < 4.78 is 0. The molecule has 0 aliphatic heterocycles. The number of allylic oxidation sites excluding steroid dienone is 2. The molecule has 1 fully saturated rings. The Kier molecular flexibility index (Phi) is 6.47. The average Bonchev–Trinajstić information content (AvgIpc) is 2.61. The van der Waals surface area contributed by atoms with Crippen LogP contribution in [0.3, 0.4) is 0 Å². The molecule has 2 unspecified atom stereocenters. The van der Waals surface area contributed by atoms with Crippen molar-refractivity contribution in [3.63, 3.8) is 0 Å². The molecule has 130 valence electrons. The molecule has 1 N–H and O–H groups in total. The Morgan fingerprint density at radius 1 is 1.36 bits per heavy atom. The lowest BCUT2D eigenvalue weighted by atomic mass is 9.86. The number of hydrogen-bond donors (Lipinski definition) is 1. The van der Waals surface area contributed by atoms with Gasteiger partial charge in [0.1, 0.15) is 11.6 Å². The molecule has 2 atom stereocenters. The molecular weight excluding hydrogens is 318 g/mol. The standard InChI is InChI=1S/C19H21N3O3/c1-14-7-2-4-11-17(14)21-19(23)16(13-20)10-6-9-15-8-3-5-12-18(15)22(24)25/h3,5-6,8-10,12,14,17H,2,4,7,11H2,1H3,(H,21,23)/b9-6+,16-10+. The topological polar surface area (TPSA) is 96.0 Å². The highest BCUT2D eigenvalue weighted by Gasteiger charge is 2.23. The molecule has 25 heavy (non-hydrogen) atoms. The van der Waals surface area contributed by atoms with Crippen LogP contribution in [0.25, 0.3) is 6.08 Å². The molecule has 0 aromatic heterocycles. The maximum Gasteiger partial charge on any atom is 0.276 e. The summed E-state index contributed by atoms with van der Waals surface area (Å²) >= 11 is 0. The number of carbonyl (C=O) groups excluding carboxylic acids is 1. The molecule has 1 amide bonds. The molecule has 1 aromatic carbocycles. The van der Waals surface area contributed by atoms with Crippen molar-refractivity contribution in [3.8, 4) is 6.07 Å². The molecule has 0 bridgehead atoms. The van der Waals surface area contributed by atoms with Crippen molar-refractivity contribution in [1.29, 1.82) is 5.26 Å². The SMILES string of the molecule is CC1CCCCC1NC(=O)/C(C#N)=C/C=C/c1ccccc1[N+](=O)[O-]. The summed E-state index contributed by atoms with van der Waals surface area (Å²) in [4.78, 5) is 22.8. The Morgan fingerprint density at radius 3 is 2.76 bits per heavy atom. The van der Waals surface area contributed by atoms with E-state index in [0.717, 1.165) is 19.3 Å². The zero-order chi connectivity index (χ0) is 18.2. The van der Waals surface area contributed by atoms with E-state index in [1.165, 1.54) is 30.7 Å². The third-order valence-electron chi connectivity index (χ3n) is 4.47. The van der Waals surface area contributed by atoms with Crippen LogP contribution >= 0.6 is 0 Å². The van der Waals surface area contributed by atoms with Crippen molar-refractivity contribution >= 4 is 17.7 Å². The molecule has 0 heterocycles. The van der Waals surface area contributed by atoms with E-state index < -0.39 is 10.8 Å². The predicted molar refractivity (Wildman–Crippen MR) is 95.4 cm³/mol. The quantitative estimate of drug-likeness (QED) is 0.290. The average molecular weight is 339 g/mol. The summed E-state index contributed by atoms with van der Waals surface area (Å²) in [6, 6.07) is 8.29. The number of carbonyl (C=O) groups is 1. The molecule has 0 spiro atoms. The fraction of sp³-hybridized carbons (Fsp3) is 0.368. The summed E-state index contributed by atoms with van der Waals surface area (Å²) in [6.45, 7) is 2.11. The Balaban J connectivity index is 2.08. The van der Waals surface area contributed by atoms with Gasteiger partial charge < -0.3 is 5.32 Å². The molecule has 1 saturated carbocycles. The van der Waals surface area contributed by atoms with Crippen molar-refractivity contribution in [2.24, 2.45) is 5.92 Å². The molecule has 1 aliphatic carbocycles. The van der Waals surface area contributed by atoms with Gasteiger partial charge in [-0.3, -0.25) is 14.9 Å². The minimum absolute atomic E-state index is 0.00684. The summed E-state index contributed by atoms with van der Waals surface area (Å²) in [5.74, 6) is 0.00798. The van der Waals surface area contributed by atoms with Gasteiger partial charge in [0.25, 0.3) is 11.6 Å². The first-order chi connectivity index (χ1) is 12.0. The molecule has 0 radical (unpaired) electrons. The van der Waals surface area contributed by atoms with Gasteiger partial charge in [0, 0.05) is 12.1 Å². The van der Waals surface area contributed by atoms with Crippen molar-refractivity contribution in [2.75, 3.05) is 0 Å². The maximum atomic E-state index is 12.3. The van der Waals surface area contributed by atoms with Gasteiger partial charge >= 0.3 is 0 Å². The molecule has 1 aliphatic rings. The van der Waals surface area contributed by atoms with Crippen molar-refractivity contribution in [3.05, 3.63) is 57.7 Å². The van der Waals surface area contributed by atoms with Crippen molar-refractivity contribution in [2.45, 2.75) is 38.6 Å². The Bertz CT molecular complexity index is 747. The van der Waals surface area contributed by atoms with E-state index in [9.17, 15) is 20.2 Å². The van der Waals surface area contributed by atoms with Crippen LogP contribution in [-0.4, -0.2) is 16.9 Å². The number of nitrogens with one attached hydrogen (secondary N) is 1. The van der Waals surface area contributed by atoms with Crippen molar-refractivity contribution < 1.29 is 9.72 Å². The molecule has 0 saturated heterocycles. The maximum absolute atomic E-state index is 12.3. The van der Waals surface area contributed by atoms with E-state index in [-0.39, 0.29) is 17.3 Å². The third-order valence-corrected chi connectivity index (χ3v) is 4.47. The van der Waals surface area contributed by atoms with Gasteiger partial charge in [-0.1, -0.05) is 38.0 Å². The van der Waals surface area contributed by atoms with Gasteiger partial charge in [0.2, 0.25) is 0 Å². The van der Waals surface area contributed by atoms with Gasteiger partial charge in [-0.25, -0.2) is 0 Å². The van der Waals surface area contributed by atoms with Crippen LogP contribution in [0, 0.1) is 27.4 Å². The summed E-state index contributed by atoms with van der Waals surface area (Å²) in [5.41, 5.74) is 0.390. The number of nitrogens with zero attached hydrogens (tertiary/aromatic N) is 2. The first-order valence-corrected chi connectivity index (χ1v) is 8.35. The monoisotopic (exact) mass is 339 g/mol. The van der Waals surface area contributed by atoms with Crippen LogP contribution in [0.2, 0.25) is 0 Å². The van der Waals surface area contributed by atoms with E-state index in [4.69, 9.17) is 0 Å². The fourth-order valence-corrected chi connectivity index (χ4v) is 2.98. The predicted octanol–water partition coefficient (Wildman–Crippen LogP) is 3.75. The van der Waals surface area contributed by atoms with E-state index in [1.54, 1.807) is 18.2 Å². The van der Waals surface area contributed by atoms with Crippen LogP contribution in [-0.2, 0) is 4.79 Å². The molecule has 6 heteroatoms. The lowest BCUT2D eigenvalue weighted by molar-refractivity contribution is -0.385. The van der Waals surface area contributed by atoms with E-state index in [0.29, 0.717) is 11.5 Å². The number of benzene rings is 1. The van der Waals surface area contributed by atoms with E-state index in [2.05, 4.69) is 12.2 Å². The van der Waals surface area contributed by atoms with Gasteiger partial charge in [0.15, 0.2) is 0 Å². The second-order valence-corrected chi connectivity index (χ2v) is 6.21. The number of nitro benzene ring substituents is 1. The molecule has 6 nitrogen and oxygen atoms in total. The second-order valence-electron chi connectivity index (χ2n) is 6.21. The number of nitro groups is 1. The van der Waals surface area contributed by atoms with Crippen LogP contribution < -0.4 is 5.32 Å². The number of para-hydroxylation sites is 1. The molecule has 1 aromatic rings. The minimum atomic E-state index is -0.467. The first kappa shape index (κ1) is 18.4. The third kappa shape index (κ3) is 5.01. The van der Waals surface area contributed by atoms with Gasteiger partial charge in [-0.15, -0.1) is 0 Å². The largest absolute Gasteiger partial charge is 0.348 e. The normalized spacial score (nSPS) is 20.9. The van der Waals surface area contributed by atoms with Gasteiger partial charge in [-0.2, -0.15) is 5.26 Å². The summed E-state index contributed by atoms with van der Waals surface area (Å²) in [7, 11) is 0. The second kappa shape index (κ2) is 8.78. The highest BCUT2D eigenvalue weighted by atomic mass is 16.6. The van der Waals surface area contributed by atoms with Gasteiger partial charge in [0.05, 0.1) is 10.5 Å². The van der Waals surface area contributed by atoms with Crippen molar-refractivity contribution in [1.82, 2.24) is 5.32 Å². The zero-order valence-corrected chi connectivity index (χ0v) is 14.1. The molecule has 2 rings (SSSR count). The Morgan fingerprint density at radius 2 is 2.08 bits per heavy atom. The van der Waals surface area contributed by atoms with Gasteiger partial charge in [-0.05, 0) is 37.0 Å². The highest BCUT2D eigenvalue weighted by Crippen LogP contribution is 2.24. The zero-order valence-electron chi connectivity index (χ0n) is 14.1. The highest BCUT2D eigenvalue weighted by molar-refractivity contribution is 5.97. The van der Waals surface area contributed by atoms with Crippen LogP contribution in [0.15, 0.2) is 42.0 Å². The number of rotatable bonds is 5. The van der Waals surface area contributed by atoms with E-state index >= 15 is 0 Å². The first-order valence-electron chi connectivity index (χ1n) is 8.35. The lowest BCUT2D eigenvalue weighted by Crippen LogP contribution is -2.41. The van der Waals surface area contributed by atoms with Crippen LogP contribution in [0.4, 0.5) is 5.69 Å². The summed E-state index contributed by atoms with van der Waals surface area (Å²) in [5, 5.41) is 23.1. The smallest absolute Gasteiger partial charge is 0.276 e. The number of hydrogen-bond acceptors (Lipinski definition) is 4. The molecular formula is C19H21N3O3. The lowest BCUT2D eigenvalue weighted by Gasteiger charge is -2.29. The van der Waals surface area contributed by atoms with E-state index in [1.807, 2.05) is 6.07 Å². The van der Waals surface area contributed by atoms with Crippen LogP contribution in [0.1, 0.15) is 38.2 Å². The number of amides is 1. The Hall–Kier alpha value is -2.94. The Labute approximate surface area is 147 Å². The van der Waals surface area contributed by atoms with Crippen LogP contribution in [0.5, 0.6) is 0 Å². The summed E-state index contributed by atoms with van der Waals surface area (Å²) in [6.07, 6.45) is 8.66. The number of nitriles is 1. The minimum Gasteiger partial charge on any atom is -0.348 e.